The van der Waals surface area contributed by atoms with Gasteiger partial charge in [-0.3, -0.25) is 14.4 Å². The first kappa shape index (κ1) is 22.7. The summed E-state index contributed by atoms with van der Waals surface area (Å²) in [4.78, 5) is 46.5. The molecule has 3 N–H and O–H groups in total. The maximum Gasteiger partial charge on any atom is 0.257 e. The number of carbonyl (C=O) groups excluding carboxylic acids is 2. The number of hydrogen-bond acceptors (Lipinski definition) is 4. The Bertz CT molecular complexity index is 1290. The number of carbonyl (C=O) groups is 2. The minimum Gasteiger partial charge on any atom is -0.352 e. The molecule has 0 radical (unpaired) electrons. The van der Waals surface area contributed by atoms with Gasteiger partial charge in [0.05, 0.1) is 17.6 Å². The Labute approximate surface area is 202 Å². The number of fused-ring (bicyclic) bond motifs is 1. The van der Waals surface area contributed by atoms with Crippen LogP contribution in [-0.2, 0) is 6.54 Å². The third-order valence-electron chi connectivity index (χ3n) is 6.69. The highest BCUT2D eigenvalue weighted by Gasteiger charge is 2.27. The van der Waals surface area contributed by atoms with Crippen molar-refractivity contribution >= 4 is 34.4 Å². The monoisotopic (exact) mass is 481 g/mol. The lowest BCUT2D eigenvalue weighted by Gasteiger charge is -2.21. The zero-order chi connectivity index (χ0) is 23.7. The van der Waals surface area contributed by atoms with Gasteiger partial charge in [-0.15, -0.1) is 0 Å². The smallest absolute Gasteiger partial charge is 0.257 e. The van der Waals surface area contributed by atoms with Crippen LogP contribution in [0.4, 0.5) is 0 Å². The number of aromatic amines is 1. The van der Waals surface area contributed by atoms with Gasteiger partial charge >= 0.3 is 0 Å². The molecule has 1 aromatic carbocycles. The van der Waals surface area contributed by atoms with Crippen LogP contribution in [0.25, 0.3) is 11.0 Å². The Hall–Kier alpha value is -3.13. The average molecular weight is 482 g/mol. The first-order chi connectivity index (χ1) is 16.5. The van der Waals surface area contributed by atoms with E-state index in [1.165, 1.54) is 19.3 Å². The summed E-state index contributed by atoms with van der Waals surface area (Å²) < 4.78 is 1.83. The van der Waals surface area contributed by atoms with E-state index in [-0.39, 0.29) is 23.7 Å². The fourth-order valence-electron chi connectivity index (χ4n) is 4.61. The summed E-state index contributed by atoms with van der Waals surface area (Å²) in [6.07, 6.45) is 10.9. The normalized spacial score (nSPS) is 16.5. The standard InChI is InChI=1S/C25H28ClN5O3/c26-16-6-9-20-21(10-16)30-22(29-20)12-28-25(34)19-14-31(17-7-8-17)13-18(23(19)32)24(33)27-11-15-4-2-1-3-5-15/h6,9-10,13-15,17H,1-5,7-8,11-12H2,(H,27,33)(H,28,34)(H,29,30). The molecule has 0 saturated heterocycles. The quantitative estimate of drug-likeness (QED) is 0.474. The summed E-state index contributed by atoms with van der Waals surface area (Å²) in [5.74, 6) is 0.0663. The predicted molar refractivity (Wildman–Crippen MR) is 130 cm³/mol. The molecule has 2 amide bonds. The zero-order valence-electron chi connectivity index (χ0n) is 18.9. The van der Waals surface area contributed by atoms with Crippen LogP contribution in [0.15, 0.2) is 35.4 Å². The molecule has 0 unspecified atom stereocenters. The number of H-pyrrole nitrogens is 1. The fraction of sp³-hybridized carbons (Fsp3) is 0.440. The molecule has 0 aliphatic heterocycles. The molecule has 5 rings (SSSR count). The van der Waals surface area contributed by atoms with Crippen molar-refractivity contribution in [1.29, 1.82) is 0 Å². The van der Waals surface area contributed by atoms with Crippen LogP contribution in [0, 0.1) is 5.92 Å². The van der Waals surface area contributed by atoms with Gasteiger partial charge in [-0.25, -0.2) is 4.98 Å². The van der Waals surface area contributed by atoms with E-state index < -0.39 is 17.2 Å². The first-order valence-electron chi connectivity index (χ1n) is 11.9. The Morgan fingerprint density at radius 2 is 1.74 bits per heavy atom. The van der Waals surface area contributed by atoms with Gasteiger partial charge in [0, 0.05) is 30.0 Å². The molecule has 2 aliphatic rings. The largest absolute Gasteiger partial charge is 0.352 e. The summed E-state index contributed by atoms with van der Waals surface area (Å²) in [6, 6.07) is 5.53. The van der Waals surface area contributed by atoms with Crippen molar-refractivity contribution in [1.82, 2.24) is 25.2 Å². The van der Waals surface area contributed by atoms with Crippen molar-refractivity contribution < 1.29 is 9.59 Å². The molecular weight excluding hydrogens is 454 g/mol. The molecule has 0 bridgehead atoms. The van der Waals surface area contributed by atoms with Gasteiger partial charge in [0.1, 0.15) is 17.0 Å². The molecule has 8 nitrogen and oxygen atoms in total. The molecule has 9 heteroatoms. The van der Waals surface area contributed by atoms with Crippen molar-refractivity contribution in [2.75, 3.05) is 6.54 Å². The van der Waals surface area contributed by atoms with E-state index in [0.29, 0.717) is 23.3 Å². The summed E-state index contributed by atoms with van der Waals surface area (Å²) >= 11 is 6.02. The molecule has 2 aliphatic carbocycles. The summed E-state index contributed by atoms with van der Waals surface area (Å²) in [7, 11) is 0. The SMILES string of the molecule is O=C(NCc1nc2ccc(Cl)cc2[nH]1)c1cn(C2CC2)cc(C(=O)NCC2CCCCC2)c1=O. The van der Waals surface area contributed by atoms with Crippen molar-refractivity contribution in [2.24, 2.45) is 5.92 Å². The van der Waals surface area contributed by atoms with Gasteiger partial charge in [-0.2, -0.15) is 0 Å². The third-order valence-corrected chi connectivity index (χ3v) is 6.92. The van der Waals surface area contributed by atoms with Gasteiger partial charge in [0.25, 0.3) is 11.8 Å². The molecule has 2 heterocycles. The molecular formula is C25H28ClN5O3. The molecule has 178 valence electrons. The Morgan fingerprint density at radius 3 is 2.44 bits per heavy atom. The van der Waals surface area contributed by atoms with E-state index in [9.17, 15) is 14.4 Å². The average Bonchev–Trinajstić information content (AvgIpc) is 3.61. The predicted octanol–water partition coefficient (Wildman–Crippen LogP) is 3.95. The number of rotatable bonds is 7. The molecule has 2 saturated carbocycles. The summed E-state index contributed by atoms with van der Waals surface area (Å²) in [5, 5.41) is 6.28. The van der Waals surface area contributed by atoms with Crippen LogP contribution in [0.3, 0.4) is 0 Å². The van der Waals surface area contributed by atoms with Crippen LogP contribution in [-0.4, -0.2) is 32.9 Å². The number of pyridine rings is 1. The van der Waals surface area contributed by atoms with Crippen LogP contribution in [0.2, 0.25) is 5.02 Å². The van der Waals surface area contributed by atoms with E-state index in [1.807, 2.05) is 4.57 Å². The molecule has 0 spiro atoms. The molecule has 3 aromatic rings. The number of nitrogens with zero attached hydrogens (tertiary/aromatic N) is 2. The minimum atomic E-state index is -0.549. The highest BCUT2D eigenvalue weighted by Crippen LogP contribution is 2.34. The van der Waals surface area contributed by atoms with Gasteiger partial charge in [0.15, 0.2) is 0 Å². The number of nitrogens with one attached hydrogen (secondary N) is 3. The third kappa shape index (κ3) is 5.01. The van der Waals surface area contributed by atoms with Crippen molar-refractivity contribution in [3.63, 3.8) is 0 Å². The Kier molecular flexibility index (Phi) is 6.41. The topological polar surface area (TPSA) is 109 Å². The van der Waals surface area contributed by atoms with Crippen molar-refractivity contribution in [2.45, 2.75) is 57.5 Å². The van der Waals surface area contributed by atoms with Crippen molar-refractivity contribution in [3.05, 3.63) is 62.8 Å². The second kappa shape index (κ2) is 9.62. The van der Waals surface area contributed by atoms with Gasteiger partial charge < -0.3 is 20.2 Å². The number of hydrogen-bond donors (Lipinski definition) is 3. The maximum atomic E-state index is 13.1. The highest BCUT2D eigenvalue weighted by atomic mass is 35.5. The lowest BCUT2D eigenvalue weighted by Crippen LogP contribution is -2.37. The maximum absolute atomic E-state index is 13.1. The minimum absolute atomic E-state index is 0.0220. The first-order valence-corrected chi connectivity index (χ1v) is 12.3. The van der Waals surface area contributed by atoms with E-state index in [1.54, 1.807) is 30.6 Å². The van der Waals surface area contributed by atoms with E-state index >= 15 is 0 Å². The molecule has 2 fully saturated rings. The number of imidazole rings is 1. The van der Waals surface area contributed by atoms with E-state index in [0.717, 1.165) is 36.7 Å². The number of amides is 2. The van der Waals surface area contributed by atoms with Gasteiger partial charge in [-0.1, -0.05) is 30.9 Å². The Morgan fingerprint density at radius 1 is 1.03 bits per heavy atom. The van der Waals surface area contributed by atoms with Gasteiger partial charge in [-0.05, 0) is 49.8 Å². The molecule has 34 heavy (non-hydrogen) atoms. The van der Waals surface area contributed by atoms with E-state index in [4.69, 9.17) is 11.6 Å². The number of aromatic nitrogens is 3. The van der Waals surface area contributed by atoms with Crippen molar-refractivity contribution in [3.8, 4) is 0 Å². The zero-order valence-corrected chi connectivity index (χ0v) is 19.7. The molecule has 2 aromatic heterocycles. The van der Waals surface area contributed by atoms with Crippen LogP contribution in [0.1, 0.15) is 77.5 Å². The second-order valence-corrected chi connectivity index (χ2v) is 9.77. The molecule has 0 atom stereocenters. The fourth-order valence-corrected chi connectivity index (χ4v) is 4.78. The van der Waals surface area contributed by atoms with E-state index in [2.05, 4.69) is 20.6 Å². The highest BCUT2D eigenvalue weighted by molar-refractivity contribution is 6.31. The summed E-state index contributed by atoms with van der Waals surface area (Å²) in [5.41, 5.74) is 0.947. The van der Waals surface area contributed by atoms with Crippen LogP contribution < -0.4 is 16.1 Å². The lowest BCUT2D eigenvalue weighted by atomic mass is 9.89. The Balaban J connectivity index is 1.32. The second-order valence-electron chi connectivity index (χ2n) is 9.33. The van der Waals surface area contributed by atoms with Gasteiger partial charge in [0.2, 0.25) is 5.43 Å². The summed E-state index contributed by atoms with van der Waals surface area (Å²) in [6.45, 7) is 0.681. The van der Waals surface area contributed by atoms with Crippen LogP contribution in [0.5, 0.6) is 0 Å². The lowest BCUT2D eigenvalue weighted by molar-refractivity contribution is 0.0941. The number of halogens is 1. The van der Waals surface area contributed by atoms with Crippen LogP contribution >= 0.6 is 11.6 Å². The number of benzene rings is 1.